The normalized spacial score (nSPS) is 23.6. The summed E-state index contributed by atoms with van der Waals surface area (Å²) >= 11 is 0. The van der Waals surface area contributed by atoms with Crippen molar-refractivity contribution >= 4 is 11.4 Å². The minimum atomic E-state index is -4.34. The Hall–Kier alpha value is -1.39. The predicted molar refractivity (Wildman–Crippen MR) is 75.5 cm³/mol. The average Bonchev–Trinajstić information content (AvgIpc) is 2.36. The molecule has 0 heterocycles. The second-order valence-electron chi connectivity index (χ2n) is 5.82. The molecule has 2 nitrogen and oxygen atoms in total. The van der Waals surface area contributed by atoms with Gasteiger partial charge in [0.25, 0.3) is 0 Å². The van der Waals surface area contributed by atoms with Crippen LogP contribution in [0.1, 0.15) is 38.2 Å². The molecule has 1 aliphatic carbocycles. The van der Waals surface area contributed by atoms with E-state index in [1.807, 2.05) is 0 Å². The first-order valence-corrected chi connectivity index (χ1v) is 7.07. The third kappa shape index (κ3) is 3.81. The van der Waals surface area contributed by atoms with Gasteiger partial charge in [-0.05, 0) is 42.9 Å². The second-order valence-corrected chi connectivity index (χ2v) is 5.82. The Morgan fingerprint density at radius 2 is 2.05 bits per heavy atom. The maximum Gasteiger partial charge on any atom is 0.416 e. The van der Waals surface area contributed by atoms with Gasteiger partial charge in [0.2, 0.25) is 0 Å². The van der Waals surface area contributed by atoms with E-state index in [4.69, 9.17) is 5.73 Å². The van der Waals surface area contributed by atoms with Crippen LogP contribution in [0.25, 0.3) is 0 Å². The number of anilines is 2. The number of hydrogen-bond acceptors (Lipinski definition) is 2. The van der Waals surface area contributed by atoms with Crippen LogP contribution >= 0.6 is 0 Å². The molecule has 1 aliphatic rings. The van der Waals surface area contributed by atoms with Crippen LogP contribution in [-0.4, -0.2) is 6.54 Å². The minimum absolute atomic E-state index is 0.156. The predicted octanol–water partition coefficient (Wildman–Crippen LogP) is 4.53. The number of nitrogens with two attached hydrogens (primary N) is 1. The van der Waals surface area contributed by atoms with E-state index >= 15 is 0 Å². The third-order valence-electron chi connectivity index (χ3n) is 4.01. The maximum atomic E-state index is 12.5. The molecule has 0 aromatic heterocycles. The first-order chi connectivity index (χ1) is 9.36. The summed E-state index contributed by atoms with van der Waals surface area (Å²) in [6, 6.07) is 3.48. The lowest BCUT2D eigenvalue weighted by Crippen LogP contribution is -2.21. The number of hydrogen-bond donors (Lipinski definition) is 2. The van der Waals surface area contributed by atoms with Gasteiger partial charge >= 0.3 is 6.18 Å². The lowest BCUT2D eigenvalue weighted by atomic mass is 9.82. The molecule has 1 fully saturated rings. The molecule has 3 N–H and O–H groups in total. The molecule has 2 rings (SSSR count). The highest BCUT2D eigenvalue weighted by Gasteiger charge is 2.30. The van der Waals surface area contributed by atoms with Gasteiger partial charge in [0, 0.05) is 6.54 Å². The summed E-state index contributed by atoms with van der Waals surface area (Å²) in [5.74, 6) is 1.32. The van der Waals surface area contributed by atoms with E-state index in [0.717, 1.165) is 24.6 Å². The van der Waals surface area contributed by atoms with Gasteiger partial charge in [-0.1, -0.05) is 19.8 Å². The van der Waals surface area contributed by atoms with Crippen LogP contribution in [0, 0.1) is 11.8 Å². The standard InChI is InChI=1S/C15H21F3N2/c1-10-3-2-4-11(7-10)9-20-14-6-5-12(8-13(14)19)15(16,17)18/h5-6,8,10-11,20H,2-4,7,9,19H2,1H3. The van der Waals surface area contributed by atoms with Gasteiger partial charge in [0.1, 0.15) is 0 Å². The number of halogens is 3. The van der Waals surface area contributed by atoms with Crippen LogP contribution in [0.5, 0.6) is 0 Å². The fraction of sp³-hybridized carbons (Fsp3) is 0.600. The Labute approximate surface area is 117 Å². The highest BCUT2D eigenvalue weighted by molar-refractivity contribution is 5.67. The summed E-state index contributed by atoms with van der Waals surface area (Å²) in [4.78, 5) is 0. The van der Waals surface area contributed by atoms with Crippen molar-refractivity contribution in [3.8, 4) is 0 Å². The van der Waals surface area contributed by atoms with Gasteiger partial charge in [0.15, 0.2) is 0 Å². The molecule has 20 heavy (non-hydrogen) atoms. The van der Waals surface area contributed by atoms with Crippen LogP contribution in [0.4, 0.5) is 24.5 Å². The second kappa shape index (κ2) is 5.94. The van der Waals surface area contributed by atoms with Crippen molar-refractivity contribution in [3.05, 3.63) is 23.8 Å². The van der Waals surface area contributed by atoms with Crippen LogP contribution in [0.15, 0.2) is 18.2 Å². The van der Waals surface area contributed by atoms with E-state index in [2.05, 4.69) is 12.2 Å². The van der Waals surface area contributed by atoms with Gasteiger partial charge in [0.05, 0.1) is 16.9 Å². The molecule has 1 aromatic carbocycles. The SMILES string of the molecule is CC1CCCC(CNc2ccc(C(F)(F)F)cc2N)C1. The first-order valence-electron chi connectivity index (χ1n) is 7.07. The van der Waals surface area contributed by atoms with Gasteiger partial charge in [-0.25, -0.2) is 0 Å². The van der Waals surface area contributed by atoms with Crippen LogP contribution < -0.4 is 11.1 Å². The van der Waals surface area contributed by atoms with Gasteiger partial charge < -0.3 is 11.1 Å². The first kappa shape index (κ1) is 15.0. The summed E-state index contributed by atoms with van der Waals surface area (Å²) in [6.07, 6.45) is 0.520. The highest BCUT2D eigenvalue weighted by atomic mass is 19.4. The minimum Gasteiger partial charge on any atom is -0.397 e. The number of benzene rings is 1. The van der Waals surface area contributed by atoms with Crippen LogP contribution in [-0.2, 0) is 6.18 Å². The van der Waals surface area contributed by atoms with Crippen molar-refractivity contribution in [2.45, 2.75) is 38.8 Å². The quantitative estimate of drug-likeness (QED) is 0.801. The third-order valence-corrected chi connectivity index (χ3v) is 4.01. The Kier molecular flexibility index (Phi) is 4.45. The molecule has 1 aromatic rings. The molecule has 0 radical (unpaired) electrons. The summed E-state index contributed by atoms with van der Waals surface area (Å²) in [6.45, 7) is 3.03. The van der Waals surface area contributed by atoms with Crippen molar-refractivity contribution in [3.63, 3.8) is 0 Å². The van der Waals surface area contributed by atoms with E-state index in [9.17, 15) is 13.2 Å². The zero-order valence-corrected chi connectivity index (χ0v) is 11.6. The van der Waals surface area contributed by atoms with Gasteiger partial charge in [-0.3, -0.25) is 0 Å². The molecule has 0 saturated heterocycles. The summed E-state index contributed by atoms with van der Waals surface area (Å²) in [7, 11) is 0. The number of nitrogens with one attached hydrogen (secondary N) is 1. The summed E-state index contributed by atoms with van der Waals surface area (Å²) in [5, 5.41) is 3.19. The average molecular weight is 286 g/mol. The van der Waals surface area contributed by atoms with Gasteiger partial charge in [-0.15, -0.1) is 0 Å². The van der Waals surface area contributed by atoms with E-state index in [0.29, 0.717) is 11.6 Å². The lowest BCUT2D eigenvalue weighted by molar-refractivity contribution is -0.137. The van der Waals surface area contributed by atoms with Crippen molar-refractivity contribution in [1.82, 2.24) is 0 Å². The zero-order valence-electron chi connectivity index (χ0n) is 11.6. The molecule has 2 unspecified atom stereocenters. The molecule has 2 atom stereocenters. The lowest BCUT2D eigenvalue weighted by Gasteiger charge is -2.27. The maximum absolute atomic E-state index is 12.5. The molecular formula is C15H21F3N2. The van der Waals surface area contributed by atoms with Crippen molar-refractivity contribution in [1.29, 1.82) is 0 Å². The molecule has 0 bridgehead atoms. The number of alkyl halides is 3. The Bertz CT molecular complexity index is 457. The van der Waals surface area contributed by atoms with E-state index < -0.39 is 11.7 Å². The molecule has 0 amide bonds. The largest absolute Gasteiger partial charge is 0.416 e. The Morgan fingerprint density at radius 3 is 2.65 bits per heavy atom. The van der Waals surface area contributed by atoms with Crippen LogP contribution in [0.2, 0.25) is 0 Å². The van der Waals surface area contributed by atoms with Crippen molar-refractivity contribution in [2.24, 2.45) is 11.8 Å². The molecule has 0 aliphatic heterocycles. The Balaban J connectivity index is 1.96. The Morgan fingerprint density at radius 1 is 1.30 bits per heavy atom. The smallest absolute Gasteiger partial charge is 0.397 e. The summed E-state index contributed by atoms with van der Waals surface area (Å²) in [5.41, 5.74) is 5.75. The molecule has 0 spiro atoms. The zero-order chi connectivity index (χ0) is 14.8. The molecule has 5 heteroatoms. The number of nitrogen functional groups attached to an aromatic ring is 1. The fourth-order valence-corrected chi connectivity index (χ4v) is 2.90. The monoisotopic (exact) mass is 286 g/mol. The summed E-state index contributed by atoms with van der Waals surface area (Å²) < 4.78 is 37.6. The number of rotatable bonds is 3. The molecular weight excluding hydrogens is 265 g/mol. The fourth-order valence-electron chi connectivity index (χ4n) is 2.90. The van der Waals surface area contributed by atoms with Crippen LogP contribution in [0.3, 0.4) is 0 Å². The molecule has 112 valence electrons. The molecule has 1 saturated carbocycles. The van der Waals surface area contributed by atoms with E-state index in [1.165, 1.54) is 31.7 Å². The van der Waals surface area contributed by atoms with Crippen molar-refractivity contribution in [2.75, 3.05) is 17.6 Å². The topological polar surface area (TPSA) is 38.0 Å². The van der Waals surface area contributed by atoms with Crippen molar-refractivity contribution < 1.29 is 13.2 Å². The van der Waals surface area contributed by atoms with Gasteiger partial charge in [-0.2, -0.15) is 13.2 Å². The highest BCUT2D eigenvalue weighted by Crippen LogP contribution is 2.33. The van der Waals surface area contributed by atoms with E-state index in [-0.39, 0.29) is 5.69 Å². The van der Waals surface area contributed by atoms with E-state index in [1.54, 1.807) is 0 Å².